The van der Waals surface area contributed by atoms with Crippen molar-refractivity contribution in [2.75, 3.05) is 0 Å². The van der Waals surface area contributed by atoms with Crippen LogP contribution >= 0.6 is 11.8 Å². The van der Waals surface area contributed by atoms with Gasteiger partial charge < -0.3 is 5.32 Å². The highest BCUT2D eigenvalue weighted by Gasteiger charge is 2.19. The number of thioether (sulfide) groups is 1. The van der Waals surface area contributed by atoms with Gasteiger partial charge in [0.05, 0.1) is 0 Å². The van der Waals surface area contributed by atoms with E-state index in [-0.39, 0.29) is 0 Å². The maximum Gasteiger partial charge on any atom is 0.0208 e. The van der Waals surface area contributed by atoms with E-state index >= 15 is 0 Å². The summed E-state index contributed by atoms with van der Waals surface area (Å²) in [5.74, 6) is 0. The minimum absolute atomic E-state index is 0.806. The minimum Gasteiger partial charge on any atom is -0.310 e. The molecule has 2 fully saturated rings. The zero-order valence-electron chi connectivity index (χ0n) is 11.7. The van der Waals surface area contributed by atoms with E-state index < -0.39 is 0 Å². The highest BCUT2D eigenvalue weighted by atomic mass is 32.2. The van der Waals surface area contributed by atoms with Gasteiger partial charge in [-0.2, -0.15) is 0 Å². The molecule has 104 valence electrons. The van der Waals surface area contributed by atoms with Gasteiger partial charge in [-0.15, -0.1) is 11.8 Å². The maximum absolute atomic E-state index is 3.58. The van der Waals surface area contributed by atoms with E-state index in [0.29, 0.717) is 0 Å². The molecule has 0 spiro atoms. The summed E-state index contributed by atoms with van der Waals surface area (Å²) in [5, 5.41) is 4.43. The first-order valence-corrected chi connectivity index (χ1v) is 8.77. The average molecular weight is 275 g/mol. The summed E-state index contributed by atoms with van der Waals surface area (Å²) in [7, 11) is 0. The molecule has 0 aliphatic heterocycles. The molecule has 0 atom stereocenters. The number of benzene rings is 1. The Kier molecular flexibility index (Phi) is 4.84. The molecule has 2 heteroatoms. The first-order chi connectivity index (χ1) is 9.40. The minimum atomic E-state index is 0.806. The molecule has 0 amide bonds. The summed E-state index contributed by atoms with van der Waals surface area (Å²) in [6.45, 7) is 1.04. The van der Waals surface area contributed by atoms with Crippen LogP contribution in [0.5, 0.6) is 0 Å². The van der Waals surface area contributed by atoms with E-state index in [9.17, 15) is 0 Å². The van der Waals surface area contributed by atoms with E-state index in [1.165, 1.54) is 61.8 Å². The summed E-state index contributed by atoms with van der Waals surface area (Å²) in [5.41, 5.74) is 1.43. The largest absolute Gasteiger partial charge is 0.310 e. The third-order valence-corrected chi connectivity index (χ3v) is 5.55. The molecule has 1 aromatic carbocycles. The Morgan fingerprint density at radius 1 is 0.895 bits per heavy atom. The van der Waals surface area contributed by atoms with Crippen molar-refractivity contribution in [1.29, 1.82) is 0 Å². The van der Waals surface area contributed by atoms with Crippen molar-refractivity contribution in [1.82, 2.24) is 5.32 Å². The summed E-state index contributed by atoms with van der Waals surface area (Å²) < 4.78 is 0. The van der Waals surface area contributed by atoms with E-state index in [0.717, 1.165) is 17.8 Å². The lowest BCUT2D eigenvalue weighted by Gasteiger charge is -2.13. The lowest BCUT2D eigenvalue weighted by molar-refractivity contribution is 0.687. The topological polar surface area (TPSA) is 12.0 Å². The Balaban J connectivity index is 1.49. The van der Waals surface area contributed by atoms with Crippen LogP contribution in [-0.4, -0.2) is 11.3 Å². The first kappa shape index (κ1) is 13.5. The van der Waals surface area contributed by atoms with Crippen LogP contribution in [0.15, 0.2) is 29.2 Å². The van der Waals surface area contributed by atoms with Crippen LogP contribution in [0.4, 0.5) is 0 Å². The zero-order valence-corrected chi connectivity index (χ0v) is 12.6. The Bertz CT molecular complexity index is 375. The molecule has 0 heterocycles. The number of hydrogen-bond acceptors (Lipinski definition) is 2. The van der Waals surface area contributed by atoms with Gasteiger partial charge in [0.25, 0.3) is 0 Å². The molecule has 0 saturated heterocycles. The third-order valence-electron chi connectivity index (χ3n) is 4.20. The second kappa shape index (κ2) is 6.81. The summed E-state index contributed by atoms with van der Waals surface area (Å²) in [6, 6.07) is 10.0. The summed E-state index contributed by atoms with van der Waals surface area (Å²) in [6.07, 6.45) is 11.3. The number of rotatable bonds is 5. The fourth-order valence-electron chi connectivity index (χ4n) is 2.79. The highest BCUT2D eigenvalue weighted by molar-refractivity contribution is 8.00. The third kappa shape index (κ3) is 4.54. The summed E-state index contributed by atoms with van der Waals surface area (Å²) >= 11 is 2.10. The monoisotopic (exact) mass is 275 g/mol. The normalized spacial score (nSPS) is 21.3. The van der Waals surface area contributed by atoms with Crippen molar-refractivity contribution in [3.63, 3.8) is 0 Å². The number of hydrogen-bond donors (Lipinski definition) is 1. The Morgan fingerprint density at radius 2 is 1.58 bits per heavy atom. The van der Waals surface area contributed by atoms with Gasteiger partial charge in [0.15, 0.2) is 0 Å². The SMILES string of the molecule is c1cc(SC2CCCCCC2)ccc1CNC1CC1. The Hall–Kier alpha value is -0.470. The van der Waals surface area contributed by atoms with Crippen molar-refractivity contribution in [2.45, 2.75) is 74.1 Å². The molecule has 0 unspecified atom stereocenters. The van der Waals surface area contributed by atoms with E-state index in [1.807, 2.05) is 0 Å². The molecular formula is C17H25NS. The standard InChI is InChI=1S/C17H25NS/c1-2-4-6-16(5-3-1)19-17-11-7-14(8-12-17)13-18-15-9-10-15/h7-8,11-12,15-16,18H,1-6,9-10,13H2. The second-order valence-electron chi connectivity index (χ2n) is 6.03. The van der Waals surface area contributed by atoms with Gasteiger partial charge in [-0.3, -0.25) is 0 Å². The second-order valence-corrected chi connectivity index (χ2v) is 7.40. The van der Waals surface area contributed by atoms with Gasteiger partial charge in [-0.05, 0) is 43.4 Å². The van der Waals surface area contributed by atoms with Gasteiger partial charge in [-0.25, -0.2) is 0 Å². The first-order valence-electron chi connectivity index (χ1n) is 7.89. The Morgan fingerprint density at radius 3 is 2.21 bits per heavy atom. The van der Waals surface area contributed by atoms with E-state index in [4.69, 9.17) is 0 Å². The molecule has 2 aliphatic carbocycles. The van der Waals surface area contributed by atoms with Crippen molar-refractivity contribution in [3.05, 3.63) is 29.8 Å². The van der Waals surface area contributed by atoms with E-state index in [2.05, 4.69) is 41.3 Å². The molecule has 2 saturated carbocycles. The van der Waals surface area contributed by atoms with Crippen LogP contribution in [0.3, 0.4) is 0 Å². The van der Waals surface area contributed by atoms with Crippen LogP contribution in [0.1, 0.15) is 56.9 Å². The van der Waals surface area contributed by atoms with Gasteiger partial charge >= 0.3 is 0 Å². The van der Waals surface area contributed by atoms with E-state index in [1.54, 1.807) is 0 Å². The quantitative estimate of drug-likeness (QED) is 0.778. The number of nitrogens with one attached hydrogen (secondary N) is 1. The molecule has 19 heavy (non-hydrogen) atoms. The molecule has 1 aromatic rings. The van der Waals surface area contributed by atoms with Crippen molar-refractivity contribution >= 4 is 11.8 Å². The molecule has 3 rings (SSSR count). The van der Waals surface area contributed by atoms with Gasteiger partial charge in [0, 0.05) is 22.7 Å². The zero-order chi connectivity index (χ0) is 12.9. The lowest BCUT2D eigenvalue weighted by Crippen LogP contribution is -2.15. The van der Waals surface area contributed by atoms with Gasteiger partial charge in [0.1, 0.15) is 0 Å². The van der Waals surface area contributed by atoms with Crippen molar-refractivity contribution in [3.8, 4) is 0 Å². The molecule has 0 bridgehead atoms. The maximum atomic E-state index is 3.58. The fourth-order valence-corrected chi connectivity index (χ4v) is 4.03. The molecule has 2 aliphatic rings. The Labute approximate surface area is 121 Å². The molecular weight excluding hydrogens is 250 g/mol. The van der Waals surface area contributed by atoms with Gasteiger partial charge in [-0.1, -0.05) is 37.8 Å². The predicted octanol–water partition coefficient (Wildman–Crippen LogP) is 4.75. The van der Waals surface area contributed by atoms with Gasteiger partial charge in [0.2, 0.25) is 0 Å². The smallest absolute Gasteiger partial charge is 0.0208 e. The van der Waals surface area contributed by atoms with Crippen molar-refractivity contribution in [2.24, 2.45) is 0 Å². The molecule has 1 nitrogen and oxygen atoms in total. The van der Waals surface area contributed by atoms with Crippen LogP contribution < -0.4 is 5.32 Å². The average Bonchev–Trinajstić information content (AvgIpc) is 3.26. The van der Waals surface area contributed by atoms with Crippen LogP contribution in [0, 0.1) is 0 Å². The molecule has 1 N–H and O–H groups in total. The fraction of sp³-hybridized carbons (Fsp3) is 0.647. The highest BCUT2D eigenvalue weighted by Crippen LogP contribution is 2.32. The summed E-state index contributed by atoms with van der Waals surface area (Å²) in [4.78, 5) is 1.46. The predicted molar refractivity (Wildman–Crippen MR) is 83.7 cm³/mol. The van der Waals surface area contributed by atoms with Crippen molar-refractivity contribution < 1.29 is 0 Å². The molecule has 0 radical (unpaired) electrons. The molecule has 0 aromatic heterocycles. The van der Waals surface area contributed by atoms with Crippen LogP contribution in [0.25, 0.3) is 0 Å². The lowest BCUT2D eigenvalue weighted by atomic mass is 10.2. The van der Waals surface area contributed by atoms with Crippen LogP contribution in [-0.2, 0) is 6.54 Å². The van der Waals surface area contributed by atoms with Crippen LogP contribution in [0.2, 0.25) is 0 Å².